The first kappa shape index (κ1) is 18.1. The highest BCUT2D eigenvalue weighted by Crippen LogP contribution is 2.30. The van der Waals surface area contributed by atoms with Crippen molar-refractivity contribution in [1.82, 2.24) is 10.3 Å². The lowest BCUT2D eigenvalue weighted by Crippen LogP contribution is -2.36. The first-order valence-electron chi connectivity index (χ1n) is 9.08. The van der Waals surface area contributed by atoms with E-state index in [0.29, 0.717) is 12.8 Å². The number of carboxylic acid groups (broad SMARTS) is 1. The number of carbonyl (C=O) groups is 2. The van der Waals surface area contributed by atoms with E-state index in [-0.39, 0.29) is 17.9 Å². The van der Waals surface area contributed by atoms with Gasteiger partial charge >= 0.3 is 5.97 Å². The highest BCUT2D eigenvalue weighted by atomic mass is 16.4. The minimum atomic E-state index is -0.790. The number of amides is 1. The normalized spacial score (nSPS) is 21.0. The summed E-state index contributed by atoms with van der Waals surface area (Å²) < 4.78 is 0. The molecule has 1 heterocycles. The Balaban J connectivity index is 1.61. The summed E-state index contributed by atoms with van der Waals surface area (Å²) in [5, 5.41) is 12.2. The molecular weight excluding hydrogens is 328 g/mol. The summed E-state index contributed by atoms with van der Waals surface area (Å²) in [5.74, 6) is -1.43. The molecule has 0 aliphatic heterocycles. The maximum atomic E-state index is 12.5. The SMILES string of the molecule is CC(NC(=O)C1CCCC(C(=O)O)C1)c1ccc(-c2ccncc2)cc1. The summed E-state index contributed by atoms with van der Waals surface area (Å²) in [6.45, 7) is 1.96. The zero-order chi connectivity index (χ0) is 18.5. The Hall–Kier alpha value is -2.69. The van der Waals surface area contributed by atoms with E-state index in [1.165, 1.54) is 0 Å². The van der Waals surface area contributed by atoms with Crippen LogP contribution >= 0.6 is 0 Å². The average molecular weight is 352 g/mol. The van der Waals surface area contributed by atoms with Gasteiger partial charge in [-0.05, 0) is 55.0 Å². The van der Waals surface area contributed by atoms with Gasteiger partial charge in [0.05, 0.1) is 12.0 Å². The Morgan fingerprint density at radius 2 is 1.65 bits per heavy atom. The van der Waals surface area contributed by atoms with Gasteiger partial charge in [-0.15, -0.1) is 0 Å². The molecule has 1 saturated carbocycles. The molecule has 2 aromatic rings. The zero-order valence-electron chi connectivity index (χ0n) is 14.9. The van der Waals surface area contributed by atoms with Crippen molar-refractivity contribution in [1.29, 1.82) is 0 Å². The lowest BCUT2D eigenvalue weighted by atomic mass is 9.81. The zero-order valence-corrected chi connectivity index (χ0v) is 14.9. The van der Waals surface area contributed by atoms with E-state index in [1.54, 1.807) is 12.4 Å². The van der Waals surface area contributed by atoms with Gasteiger partial charge in [0.25, 0.3) is 0 Å². The van der Waals surface area contributed by atoms with Gasteiger partial charge in [0.2, 0.25) is 5.91 Å². The lowest BCUT2D eigenvalue weighted by Gasteiger charge is -2.27. The number of aliphatic carboxylic acids is 1. The number of hydrogen-bond donors (Lipinski definition) is 2. The molecule has 1 amide bonds. The Morgan fingerprint density at radius 3 is 2.31 bits per heavy atom. The van der Waals surface area contributed by atoms with Crippen LogP contribution in [0.3, 0.4) is 0 Å². The number of rotatable bonds is 5. The van der Waals surface area contributed by atoms with Crippen LogP contribution in [0.5, 0.6) is 0 Å². The predicted molar refractivity (Wildman–Crippen MR) is 99.3 cm³/mol. The van der Waals surface area contributed by atoms with Crippen LogP contribution in [0.4, 0.5) is 0 Å². The van der Waals surface area contributed by atoms with Crippen molar-refractivity contribution in [2.75, 3.05) is 0 Å². The second kappa shape index (κ2) is 8.13. The first-order valence-corrected chi connectivity index (χ1v) is 9.08. The number of carbonyl (C=O) groups excluding carboxylic acids is 1. The van der Waals surface area contributed by atoms with Gasteiger partial charge in [-0.25, -0.2) is 0 Å². The molecule has 3 unspecified atom stereocenters. The first-order chi connectivity index (χ1) is 12.5. The van der Waals surface area contributed by atoms with E-state index < -0.39 is 11.9 Å². The van der Waals surface area contributed by atoms with Crippen LogP contribution in [0.1, 0.15) is 44.2 Å². The number of hydrogen-bond acceptors (Lipinski definition) is 3. The molecule has 136 valence electrons. The molecule has 26 heavy (non-hydrogen) atoms. The molecule has 1 aliphatic rings. The van der Waals surface area contributed by atoms with Crippen LogP contribution < -0.4 is 5.32 Å². The van der Waals surface area contributed by atoms with Crippen LogP contribution in [0.15, 0.2) is 48.8 Å². The van der Waals surface area contributed by atoms with Gasteiger partial charge in [-0.3, -0.25) is 14.6 Å². The fraction of sp³-hybridized carbons (Fsp3) is 0.381. The molecule has 5 heteroatoms. The van der Waals surface area contributed by atoms with Crippen molar-refractivity contribution < 1.29 is 14.7 Å². The van der Waals surface area contributed by atoms with Gasteiger partial charge in [-0.1, -0.05) is 30.7 Å². The molecule has 2 N–H and O–H groups in total. The van der Waals surface area contributed by atoms with E-state index in [9.17, 15) is 14.7 Å². The van der Waals surface area contributed by atoms with Crippen LogP contribution in [-0.2, 0) is 9.59 Å². The van der Waals surface area contributed by atoms with Gasteiger partial charge in [0.15, 0.2) is 0 Å². The number of carboxylic acids is 1. The molecule has 0 saturated heterocycles. The summed E-state index contributed by atoms with van der Waals surface area (Å²) in [4.78, 5) is 27.7. The molecular formula is C21H24N2O3. The lowest BCUT2D eigenvalue weighted by molar-refractivity contribution is -0.144. The van der Waals surface area contributed by atoms with E-state index in [4.69, 9.17) is 0 Å². The average Bonchev–Trinajstić information content (AvgIpc) is 2.68. The Bertz CT molecular complexity index is 759. The number of aromatic nitrogens is 1. The molecule has 0 spiro atoms. The molecule has 0 bridgehead atoms. The molecule has 1 aromatic carbocycles. The third-order valence-electron chi connectivity index (χ3n) is 5.18. The van der Waals surface area contributed by atoms with Crippen molar-refractivity contribution in [2.45, 2.75) is 38.6 Å². The third kappa shape index (κ3) is 4.28. The van der Waals surface area contributed by atoms with Crippen LogP contribution in [-0.4, -0.2) is 22.0 Å². The number of nitrogens with one attached hydrogen (secondary N) is 1. The fourth-order valence-electron chi connectivity index (χ4n) is 3.58. The molecule has 3 atom stereocenters. The number of nitrogens with zero attached hydrogens (tertiary/aromatic N) is 1. The van der Waals surface area contributed by atoms with Crippen molar-refractivity contribution in [2.24, 2.45) is 11.8 Å². The minimum absolute atomic E-state index is 0.0401. The van der Waals surface area contributed by atoms with Gasteiger partial charge in [0.1, 0.15) is 0 Å². The monoisotopic (exact) mass is 352 g/mol. The Kier molecular flexibility index (Phi) is 5.66. The smallest absolute Gasteiger partial charge is 0.306 e. The largest absolute Gasteiger partial charge is 0.481 e. The topological polar surface area (TPSA) is 79.3 Å². The highest BCUT2D eigenvalue weighted by Gasteiger charge is 2.31. The second-order valence-electron chi connectivity index (χ2n) is 6.99. The van der Waals surface area contributed by atoms with Gasteiger partial charge in [0, 0.05) is 18.3 Å². The maximum Gasteiger partial charge on any atom is 0.306 e. The van der Waals surface area contributed by atoms with E-state index in [1.807, 2.05) is 43.3 Å². The molecule has 0 radical (unpaired) electrons. The highest BCUT2D eigenvalue weighted by molar-refractivity contribution is 5.80. The van der Waals surface area contributed by atoms with E-state index in [0.717, 1.165) is 29.5 Å². The maximum absolute atomic E-state index is 12.5. The van der Waals surface area contributed by atoms with Crippen LogP contribution in [0.25, 0.3) is 11.1 Å². The quantitative estimate of drug-likeness (QED) is 0.857. The standard InChI is InChI=1S/C21H24N2O3/c1-14(23-20(24)18-3-2-4-19(13-18)21(25)26)15-5-7-16(8-6-15)17-9-11-22-12-10-17/h5-12,14,18-19H,2-4,13H2,1H3,(H,23,24)(H,25,26). The molecule has 5 nitrogen and oxygen atoms in total. The summed E-state index contributed by atoms with van der Waals surface area (Å²) in [6.07, 6.45) is 6.20. The number of benzene rings is 1. The summed E-state index contributed by atoms with van der Waals surface area (Å²) >= 11 is 0. The van der Waals surface area contributed by atoms with Crippen molar-refractivity contribution >= 4 is 11.9 Å². The Morgan fingerprint density at radius 1 is 1.04 bits per heavy atom. The predicted octanol–water partition coefficient (Wildman–Crippen LogP) is 3.82. The van der Waals surface area contributed by atoms with E-state index >= 15 is 0 Å². The molecule has 3 rings (SSSR count). The second-order valence-corrected chi connectivity index (χ2v) is 6.99. The molecule has 1 fully saturated rings. The number of pyridine rings is 1. The molecule has 1 aliphatic carbocycles. The van der Waals surface area contributed by atoms with Crippen LogP contribution in [0.2, 0.25) is 0 Å². The Labute approximate surface area is 153 Å². The summed E-state index contributed by atoms with van der Waals surface area (Å²) in [7, 11) is 0. The summed E-state index contributed by atoms with van der Waals surface area (Å²) in [6, 6.07) is 11.9. The fourth-order valence-corrected chi connectivity index (χ4v) is 3.58. The molecule has 1 aromatic heterocycles. The van der Waals surface area contributed by atoms with Crippen molar-refractivity contribution in [3.63, 3.8) is 0 Å². The van der Waals surface area contributed by atoms with Gasteiger partial charge in [-0.2, -0.15) is 0 Å². The van der Waals surface area contributed by atoms with Crippen LogP contribution in [0, 0.1) is 11.8 Å². The minimum Gasteiger partial charge on any atom is -0.481 e. The van der Waals surface area contributed by atoms with Gasteiger partial charge < -0.3 is 10.4 Å². The summed E-state index contributed by atoms with van der Waals surface area (Å²) in [5.41, 5.74) is 3.23. The van der Waals surface area contributed by atoms with Crippen molar-refractivity contribution in [3.05, 3.63) is 54.4 Å². The van der Waals surface area contributed by atoms with Crippen molar-refractivity contribution in [3.8, 4) is 11.1 Å². The van der Waals surface area contributed by atoms with E-state index in [2.05, 4.69) is 10.3 Å². The third-order valence-corrected chi connectivity index (χ3v) is 5.18.